The van der Waals surface area contributed by atoms with Crippen LogP contribution in [0, 0.1) is 5.92 Å². The van der Waals surface area contributed by atoms with Crippen LogP contribution in [-0.4, -0.2) is 31.0 Å². The lowest BCUT2D eigenvalue weighted by molar-refractivity contribution is -0.137. The van der Waals surface area contributed by atoms with Gasteiger partial charge in [0, 0.05) is 12.0 Å². The van der Waals surface area contributed by atoms with Crippen LogP contribution >= 0.6 is 0 Å². The van der Waals surface area contributed by atoms with Gasteiger partial charge in [0.1, 0.15) is 5.75 Å². The van der Waals surface area contributed by atoms with Crippen molar-refractivity contribution in [1.29, 1.82) is 0 Å². The van der Waals surface area contributed by atoms with E-state index in [1.54, 1.807) is 0 Å². The Labute approximate surface area is 128 Å². The molecule has 0 aromatic heterocycles. The minimum Gasteiger partial charge on any atom is -0.426 e. The maximum Gasteiger partial charge on any atom is 0.313 e. The summed E-state index contributed by atoms with van der Waals surface area (Å²) >= 11 is 0. The number of rotatable bonds is 5. The SMILES string of the molecule is CCCC1(c2cccc(OC(=O)C(C)C)c2)CCN(C)C1. The van der Waals surface area contributed by atoms with Crippen molar-refractivity contribution in [3.8, 4) is 5.75 Å². The van der Waals surface area contributed by atoms with Gasteiger partial charge in [-0.05, 0) is 44.1 Å². The number of nitrogens with zero attached hydrogens (tertiary/aromatic N) is 1. The molecule has 3 nitrogen and oxygen atoms in total. The van der Waals surface area contributed by atoms with Crippen molar-refractivity contribution in [3.05, 3.63) is 29.8 Å². The van der Waals surface area contributed by atoms with Gasteiger partial charge in [-0.2, -0.15) is 0 Å². The lowest BCUT2D eigenvalue weighted by atomic mass is 9.76. The molecule has 1 fully saturated rings. The van der Waals surface area contributed by atoms with Crippen LogP contribution in [0.4, 0.5) is 0 Å². The van der Waals surface area contributed by atoms with Crippen molar-refractivity contribution in [1.82, 2.24) is 4.90 Å². The zero-order valence-corrected chi connectivity index (χ0v) is 13.7. The van der Waals surface area contributed by atoms with Gasteiger partial charge in [0.05, 0.1) is 5.92 Å². The Kier molecular flexibility index (Phi) is 5.04. The van der Waals surface area contributed by atoms with Crippen LogP contribution in [0.15, 0.2) is 24.3 Å². The average Bonchev–Trinajstić information content (AvgIpc) is 2.82. The molecule has 0 bridgehead atoms. The summed E-state index contributed by atoms with van der Waals surface area (Å²) in [6.45, 7) is 8.18. The zero-order chi connectivity index (χ0) is 15.5. The number of carbonyl (C=O) groups is 1. The van der Waals surface area contributed by atoms with Crippen LogP contribution < -0.4 is 4.74 Å². The summed E-state index contributed by atoms with van der Waals surface area (Å²) in [5.74, 6) is 0.410. The molecule has 1 aliphatic heterocycles. The highest BCUT2D eigenvalue weighted by molar-refractivity contribution is 5.74. The van der Waals surface area contributed by atoms with Gasteiger partial charge in [-0.1, -0.05) is 39.3 Å². The first-order valence-electron chi connectivity index (χ1n) is 7.97. The Morgan fingerprint density at radius 1 is 1.43 bits per heavy atom. The van der Waals surface area contributed by atoms with Gasteiger partial charge in [0.15, 0.2) is 0 Å². The molecule has 1 saturated heterocycles. The summed E-state index contributed by atoms with van der Waals surface area (Å²) in [5.41, 5.74) is 1.52. The number of esters is 1. The zero-order valence-electron chi connectivity index (χ0n) is 13.7. The maximum absolute atomic E-state index is 11.8. The Balaban J connectivity index is 2.24. The van der Waals surface area contributed by atoms with Gasteiger partial charge in [0.25, 0.3) is 0 Å². The Morgan fingerprint density at radius 2 is 2.19 bits per heavy atom. The molecular weight excluding hydrogens is 262 g/mol. The van der Waals surface area contributed by atoms with Crippen LogP contribution in [-0.2, 0) is 10.2 Å². The monoisotopic (exact) mass is 289 g/mol. The molecule has 0 radical (unpaired) electrons. The van der Waals surface area contributed by atoms with E-state index in [1.165, 1.54) is 24.8 Å². The Morgan fingerprint density at radius 3 is 2.76 bits per heavy atom. The van der Waals surface area contributed by atoms with Gasteiger partial charge in [0.2, 0.25) is 0 Å². The molecule has 116 valence electrons. The van der Waals surface area contributed by atoms with Gasteiger partial charge in [-0.25, -0.2) is 0 Å². The topological polar surface area (TPSA) is 29.5 Å². The van der Waals surface area contributed by atoms with Gasteiger partial charge < -0.3 is 9.64 Å². The molecule has 21 heavy (non-hydrogen) atoms. The molecule has 0 aliphatic carbocycles. The fourth-order valence-electron chi connectivity index (χ4n) is 3.27. The third-order valence-corrected chi connectivity index (χ3v) is 4.41. The second-order valence-electron chi connectivity index (χ2n) is 6.62. The smallest absolute Gasteiger partial charge is 0.313 e. The normalized spacial score (nSPS) is 22.7. The van der Waals surface area contributed by atoms with Crippen LogP contribution in [0.2, 0.25) is 0 Å². The first-order chi connectivity index (χ1) is 9.97. The molecule has 1 atom stereocenters. The summed E-state index contributed by atoms with van der Waals surface area (Å²) in [4.78, 5) is 14.2. The summed E-state index contributed by atoms with van der Waals surface area (Å²) in [7, 11) is 2.18. The molecule has 3 heteroatoms. The second-order valence-corrected chi connectivity index (χ2v) is 6.62. The van der Waals surface area contributed by atoms with E-state index < -0.39 is 0 Å². The summed E-state index contributed by atoms with van der Waals surface area (Å²) < 4.78 is 5.47. The molecule has 0 spiro atoms. The van der Waals surface area contributed by atoms with E-state index in [0.717, 1.165) is 13.1 Å². The van der Waals surface area contributed by atoms with Crippen molar-refractivity contribution >= 4 is 5.97 Å². The molecule has 0 saturated carbocycles. The van der Waals surface area contributed by atoms with E-state index in [4.69, 9.17) is 4.74 Å². The quantitative estimate of drug-likeness (QED) is 0.612. The number of carbonyl (C=O) groups excluding carboxylic acids is 1. The second kappa shape index (κ2) is 6.61. The van der Waals surface area contributed by atoms with Crippen molar-refractivity contribution in [2.45, 2.75) is 45.4 Å². The fourth-order valence-corrected chi connectivity index (χ4v) is 3.27. The molecule has 0 amide bonds. The highest BCUT2D eigenvalue weighted by Crippen LogP contribution is 2.39. The molecule has 2 rings (SSSR count). The molecular formula is C18H27NO2. The largest absolute Gasteiger partial charge is 0.426 e. The van der Waals surface area contributed by atoms with E-state index in [1.807, 2.05) is 26.0 Å². The first kappa shape index (κ1) is 16.0. The standard InChI is InChI=1S/C18H27NO2/c1-5-9-18(10-11-19(4)13-18)15-7-6-8-16(12-15)21-17(20)14(2)3/h6-8,12,14H,5,9-11,13H2,1-4H3. The number of likely N-dealkylation sites (N-methyl/N-ethyl adjacent to an activating group) is 1. The molecule has 1 unspecified atom stereocenters. The van der Waals surface area contributed by atoms with E-state index >= 15 is 0 Å². The van der Waals surface area contributed by atoms with Gasteiger partial charge in [-0.15, -0.1) is 0 Å². The number of benzene rings is 1. The number of ether oxygens (including phenoxy) is 1. The van der Waals surface area contributed by atoms with Crippen molar-refractivity contribution < 1.29 is 9.53 Å². The molecule has 1 heterocycles. The summed E-state index contributed by atoms with van der Waals surface area (Å²) in [6, 6.07) is 8.13. The van der Waals surface area contributed by atoms with Crippen molar-refractivity contribution in [3.63, 3.8) is 0 Å². The van der Waals surface area contributed by atoms with E-state index in [9.17, 15) is 4.79 Å². The van der Waals surface area contributed by atoms with Crippen molar-refractivity contribution in [2.24, 2.45) is 5.92 Å². The fraction of sp³-hybridized carbons (Fsp3) is 0.611. The minimum absolute atomic E-state index is 0.101. The predicted molar refractivity (Wildman–Crippen MR) is 85.6 cm³/mol. The average molecular weight is 289 g/mol. The number of hydrogen-bond donors (Lipinski definition) is 0. The number of hydrogen-bond acceptors (Lipinski definition) is 3. The highest BCUT2D eigenvalue weighted by Gasteiger charge is 2.37. The van der Waals surface area contributed by atoms with Crippen molar-refractivity contribution in [2.75, 3.05) is 20.1 Å². The summed E-state index contributed by atoms with van der Waals surface area (Å²) in [6.07, 6.45) is 3.53. The maximum atomic E-state index is 11.8. The van der Waals surface area contributed by atoms with Crippen LogP contribution in [0.5, 0.6) is 5.75 Å². The summed E-state index contributed by atoms with van der Waals surface area (Å²) in [5, 5.41) is 0. The van der Waals surface area contributed by atoms with Crippen LogP contribution in [0.1, 0.15) is 45.6 Å². The third kappa shape index (κ3) is 3.65. The predicted octanol–water partition coefficient (Wildman–Crippen LogP) is 3.62. The Hall–Kier alpha value is -1.35. The highest BCUT2D eigenvalue weighted by atomic mass is 16.5. The minimum atomic E-state index is -0.166. The Bertz CT molecular complexity index is 494. The van der Waals surface area contributed by atoms with Crippen LogP contribution in [0.3, 0.4) is 0 Å². The van der Waals surface area contributed by atoms with E-state index in [0.29, 0.717) is 5.75 Å². The molecule has 1 aromatic rings. The lowest BCUT2D eigenvalue weighted by Crippen LogP contribution is -2.29. The first-order valence-corrected chi connectivity index (χ1v) is 7.97. The van der Waals surface area contributed by atoms with Gasteiger partial charge in [-0.3, -0.25) is 4.79 Å². The molecule has 1 aromatic carbocycles. The molecule has 1 aliphatic rings. The lowest BCUT2D eigenvalue weighted by Gasteiger charge is -2.29. The molecule has 0 N–H and O–H groups in total. The van der Waals surface area contributed by atoms with Crippen LogP contribution in [0.25, 0.3) is 0 Å². The number of likely N-dealkylation sites (tertiary alicyclic amines) is 1. The van der Waals surface area contributed by atoms with E-state index in [-0.39, 0.29) is 17.3 Å². The third-order valence-electron chi connectivity index (χ3n) is 4.41. The van der Waals surface area contributed by atoms with Gasteiger partial charge >= 0.3 is 5.97 Å². The van der Waals surface area contributed by atoms with E-state index in [2.05, 4.69) is 31.0 Å².